The lowest BCUT2D eigenvalue weighted by molar-refractivity contribution is 0.0958. The summed E-state index contributed by atoms with van der Waals surface area (Å²) in [6.07, 6.45) is 1.42. The zero-order chi connectivity index (χ0) is 19.9. The van der Waals surface area contributed by atoms with E-state index in [1.54, 1.807) is 30.3 Å². The number of nitrogens with one attached hydrogen (secondary N) is 3. The molecule has 0 bridgehead atoms. The maximum Gasteiger partial charge on any atom is 0.323 e. The minimum atomic E-state index is -0.665. The van der Waals surface area contributed by atoms with Crippen LogP contribution in [0.5, 0.6) is 11.5 Å². The number of anilines is 2. The Labute approximate surface area is 160 Å². The Morgan fingerprint density at radius 2 is 1.71 bits per heavy atom. The molecule has 0 spiro atoms. The van der Waals surface area contributed by atoms with E-state index in [4.69, 9.17) is 4.74 Å². The molecular formula is C20H17FN4O3. The number of rotatable bonds is 5. The van der Waals surface area contributed by atoms with Gasteiger partial charge in [0.15, 0.2) is 0 Å². The number of aromatic nitrogens is 1. The van der Waals surface area contributed by atoms with Gasteiger partial charge in [-0.3, -0.25) is 9.78 Å². The van der Waals surface area contributed by atoms with Crippen molar-refractivity contribution in [1.29, 1.82) is 0 Å². The molecule has 0 fully saturated rings. The van der Waals surface area contributed by atoms with E-state index in [2.05, 4.69) is 20.9 Å². The average Bonchev–Trinajstić information content (AvgIpc) is 2.70. The van der Waals surface area contributed by atoms with Gasteiger partial charge >= 0.3 is 6.03 Å². The number of amides is 3. The van der Waals surface area contributed by atoms with E-state index in [1.807, 2.05) is 6.07 Å². The van der Waals surface area contributed by atoms with Gasteiger partial charge in [0, 0.05) is 31.1 Å². The number of hydrogen-bond acceptors (Lipinski definition) is 4. The van der Waals surface area contributed by atoms with Crippen LogP contribution in [-0.2, 0) is 0 Å². The number of para-hydroxylation sites is 1. The van der Waals surface area contributed by atoms with E-state index in [0.29, 0.717) is 11.4 Å². The molecule has 142 valence electrons. The Morgan fingerprint density at radius 3 is 2.43 bits per heavy atom. The molecule has 0 aliphatic rings. The van der Waals surface area contributed by atoms with Crippen LogP contribution in [0.3, 0.4) is 0 Å². The molecule has 8 heteroatoms. The summed E-state index contributed by atoms with van der Waals surface area (Å²) in [5.74, 6) is -0.488. The first-order chi connectivity index (χ1) is 13.5. The van der Waals surface area contributed by atoms with Gasteiger partial charge in [-0.15, -0.1) is 0 Å². The fraction of sp³-hybridized carbons (Fsp3) is 0.0500. The molecule has 28 heavy (non-hydrogen) atoms. The minimum absolute atomic E-state index is 0.00144. The molecule has 0 saturated carbocycles. The van der Waals surface area contributed by atoms with Gasteiger partial charge in [0.05, 0.1) is 5.69 Å². The van der Waals surface area contributed by atoms with Crippen LogP contribution in [0.1, 0.15) is 10.5 Å². The number of hydrogen-bond donors (Lipinski definition) is 3. The average molecular weight is 380 g/mol. The van der Waals surface area contributed by atoms with Gasteiger partial charge in [0.25, 0.3) is 5.91 Å². The van der Waals surface area contributed by atoms with Gasteiger partial charge in [-0.05, 0) is 30.3 Å². The van der Waals surface area contributed by atoms with Crippen LogP contribution in [0.2, 0.25) is 0 Å². The predicted octanol–water partition coefficient (Wildman–Crippen LogP) is 4.02. The normalized spacial score (nSPS) is 10.1. The Morgan fingerprint density at radius 1 is 0.964 bits per heavy atom. The first-order valence-electron chi connectivity index (χ1n) is 8.34. The van der Waals surface area contributed by atoms with Gasteiger partial charge < -0.3 is 20.7 Å². The Bertz CT molecular complexity index is 996. The standard InChI is InChI=1S/C20H17FN4O3/c1-22-19(26)18-12-15(9-10-23-18)28-14-7-8-17(16(21)11-14)25-20(27)24-13-5-3-2-4-6-13/h2-12H,1H3,(H,22,26)(H2,24,25,27). The molecule has 3 N–H and O–H groups in total. The molecule has 1 aromatic heterocycles. The molecule has 0 unspecified atom stereocenters. The lowest BCUT2D eigenvalue weighted by Crippen LogP contribution is -2.20. The molecule has 0 aliphatic carbocycles. The van der Waals surface area contributed by atoms with E-state index in [0.717, 1.165) is 6.07 Å². The second kappa shape index (κ2) is 8.63. The maximum atomic E-state index is 14.3. The van der Waals surface area contributed by atoms with E-state index in [9.17, 15) is 14.0 Å². The smallest absolute Gasteiger partial charge is 0.323 e. The van der Waals surface area contributed by atoms with Gasteiger partial charge in [0.1, 0.15) is 23.0 Å². The van der Waals surface area contributed by atoms with Crippen molar-refractivity contribution in [1.82, 2.24) is 10.3 Å². The van der Waals surface area contributed by atoms with Crippen LogP contribution in [0.15, 0.2) is 66.9 Å². The number of pyridine rings is 1. The molecule has 0 aliphatic heterocycles. The highest BCUT2D eigenvalue weighted by Gasteiger charge is 2.10. The van der Waals surface area contributed by atoms with Crippen molar-refractivity contribution in [3.8, 4) is 11.5 Å². The summed E-state index contributed by atoms with van der Waals surface area (Å²) in [5.41, 5.74) is 0.767. The lowest BCUT2D eigenvalue weighted by atomic mass is 10.2. The van der Waals surface area contributed by atoms with Crippen molar-refractivity contribution in [2.45, 2.75) is 0 Å². The molecular weight excluding hydrogens is 363 g/mol. The number of urea groups is 1. The van der Waals surface area contributed by atoms with Crippen molar-refractivity contribution in [3.05, 3.63) is 78.4 Å². The van der Waals surface area contributed by atoms with Crippen molar-refractivity contribution in [2.75, 3.05) is 17.7 Å². The number of carbonyl (C=O) groups excluding carboxylic acids is 2. The predicted molar refractivity (Wildman–Crippen MR) is 103 cm³/mol. The molecule has 0 saturated heterocycles. The quantitative estimate of drug-likeness (QED) is 0.623. The van der Waals surface area contributed by atoms with Crippen LogP contribution in [0, 0.1) is 5.82 Å². The first kappa shape index (κ1) is 18.8. The van der Waals surface area contributed by atoms with Crippen LogP contribution >= 0.6 is 0 Å². The lowest BCUT2D eigenvalue weighted by Gasteiger charge is -2.11. The van der Waals surface area contributed by atoms with Gasteiger partial charge in [-0.2, -0.15) is 0 Å². The highest BCUT2D eigenvalue weighted by molar-refractivity contribution is 5.99. The molecule has 7 nitrogen and oxygen atoms in total. The summed E-state index contributed by atoms with van der Waals surface area (Å²) < 4.78 is 19.9. The van der Waals surface area contributed by atoms with Crippen LogP contribution in [-0.4, -0.2) is 24.0 Å². The van der Waals surface area contributed by atoms with Gasteiger partial charge in [0.2, 0.25) is 0 Å². The number of carbonyl (C=O) groups is 2. The molecule has 3 amide bonds. The van der Waals surface area contributed by atoms with E-state index < -0.39 is 11.8 Å². The number of ether oxygens (including phenoxy) is 1. The third-order valence-electron chi connectivity index (χ3n) is 3.65. The van der Waals surface area contributed by atoms with Crippen molar-refractivity contribution < 1.29 is 18.7 Å². The molecule has 3 aromatic rings. The van der Waals surface area contributed by atoms with E-state index in [-0.39, 0.29) is 23.0 Å². The second-order valence-corrected chi connectivity index (χ2v) is 5.64. The largest absolute Gasteiger partial charge is 0.457 e. The number of nitrogens with zero attached hydrogens (tertiary/aromatic N) is 1. The number of halogens is 1. The van der Waals surface area contributed by atoms with Crippen LogP contribution < -0.4 is 20.7 Å². The van der Waals surface area contributed by atoms with E-state index in [1.165, 1.54) is 31.4 Å². The Balaban J connectivity index is 1.67. The molecule has 1 heterocycles. The topological polar surface area (TPSA) is 92.4 Å². The fourth-order valence-corrected chi connectivity index (χ4v) is 2.33. The number of benzene rings is 2. The first-order valence-corrected chi connectivity index (χ1v) is 8.34. The van der Waals surface area contributed by atoms with Crippen LogP contribution in [0.4, 0.5) is 20.6 Å². The Kier molecular flexibility index (Phi) is 5.81. The highest BCUT2D eigenvalue weighted by atomic mass is 19.1. The second-order valence-electron chi connectivity index (χ2n) is 5.64. The third kappa shape index (κ3) is 4.82. The highest BCUT2D eigenvalue weighted by Crippen LogP contribution is 2.26. The summed E-state index contributed by atoms with van der Waals surface area (Å²) in [6, 6.07) is 15.2. The van der Waals surface area contributed by atoms with Crippen molar-refractivity contribution >= 4 is 23.3 Å². The van der Waals surface area contributed by atoms with Crippen molar-refractivity contribution in [2.24, 2.45) is 0 Å². The summed E-state index contributed by atoms with van der Waals surface area (Å²) in [6.45, 7) is 0. The summed E-state index contributed by atoms with van der Waals surface area (Å²) in [5, 5.41) is 7.50. The molecule has 0 radical (unpaired) electrons. The van der Waals surface area contributed by atoms with E-state index >= 15 is 0 Å². The molecule has 2 aromatic carbocycles. The van der Waals surface area contributed by atoms with Crippen molar-refractivity contribution in [3.63, 3.8) is 0 Å². The maximum absolute atomic E-state index is 14.3. The summed E-state index contributed by atoms with van der Waals surface area (Å²) in [7, 11) is 1.49. The van der Waals surface area contributed by atoms with Gasteiger partial charge in [-0.1, -0.05) is 18.2 Å². The molecule has 3 rings (SSSR count). The van der Waals surface area contributed by atoms with Crippen LogP contribution in [0.25, 0.3) is 0 Å². The summed E-state index contributed by atoms with van der Waals surface area (Å²) >= 11 is 0. The monoisotopic (exact) mass is 380 g/mol. The third-order valence-corrected chi connectivity index (χ3v) is 3.65. The zero-order valence-corrected chi connectivity index (χ0v) is 14.9. The molecule has 0 atom stereocenters. The summed E-state index contributed by atoms with van der Waals surface area (Å²) in [4.78, 5) is 27.5. The Hall–Kier alpha value is -3.94. The SMILES string of the molecule is CNC(=O)c1cc(Oc2ccc(NC(=O)Nc3ccccc3)c(F)c2)ccn1. The fourth-order valence-electron chi connectivity index (χ4n) is 2.33. The zero-order valence-electron chi connectivity index (χ0n) is 14.9. The minimum Gasteiger partial charge on any atom is -0.457 e. The van der Waals surface area contributed by atoms with Gasteiger partial charge in [-0.25, -0.2) is 9.18 Å².